The Kier molecular flexibility index (Phi) is 3.19. The molecule has 0 bridgehead atoms. The van der Waals surface area contributed by atoms with Gasteiger partial charge in [-0.1, -0.05) is 28.9 Å². The minimum atomic E-state index is -3.24. The molecule has 0 radical (unpaired) electrons. The van der Waals surface area contributed by atoms with Crippen molar-refractivity contribution in [3.8, 4) is 0 Å². The molecular weight excluding hydrogens is 290 g/mol. The second-order valence-electron chi connectivity index (χ2n) is 3.58. The number of rotatable bonds is 3. The molecule has 16 heavy (non-hydrogen) atoms. The van der Waals surface area contributed by atoms with Crippen LogP contribution in [0.5, 0.6) is 0 Å². The SMILES string of the molecule is CCNCC1=CS(=O)(=O)c2cccc(Br)c21. The monoisotopic (exact) mass is 301 g/mol. The first-order valence-electron chi connectivity index (χ1n) is 5.01. The molecule has 1 aliphatic rings. The smallest absolute Gasteiger partial charge is 0.200 e. The van der Waals surface area contributed by atoms with Crippen LogP contribution in [0.15, 0.2) is 33.0 Å². The van der Waals surface area contributed by atoms with Crippen molar-refractivity contribution in [2.45, 2.75) is 11.8 Å². The van der Waals surface area contributed by atoms with E-state index in [1.807, 2.05) is 13.0 Å². The Morgan fingerprint density at radius 1 is 1.38 bits per heavy atom. The van der Waals surface area contributed by atoms with E-state index in [9.17, 15) is 8.42 Å². The first-order chi connectivity index (χ1) is 7.56. The fraction of sp³-hybridized carbons (Fsp3) is 0.273. The summed E-state index contributed by atoms with van der Waals surface area (Å²) in [5.74, 6) is 0. The van der Waals surface area contributed by atoms with Crippen LogP contribution in [0.3, 0.4) is 0 Å². The molecule has 2 rings (SSSR count). The summed E-state index contributed by atoms with van der Waals surface area (Å²) in [6.45, 7) is 3.38. The normalized spacial score (nSPS) is 17.0. The second-order valence-corrected chi connectivity index (χ2v) is 6.20. The summed E-state index contributed by atoms with van der Waals surface area (Å²) < 4.78 is 24.5. The Balaban J connectivity index is 2.53. The molecule has 0 atom stereocenters. The highest BCUT2D eigenvalue weighted by atomic mass is 79.9. The maximum absolute atomic E-state index is 11.9. The van der Waals surface area contributed by atoms with Gasteiger partial charge in [-0.15, -0.1) is 0 Å². The topological polar surface area (TPSA) is 46.2 Å². The van der Waals surface area contributed by atoms with Gasteiger partial charge in [0, 0.05) is 22.0 Å². The minimum Gasteiger partial charge on any atom is -0.313 e. The van der Waals surface area contributed by atoms with Crippen LogP contribution in [-0.2, 0) is 9.84 Å². The van der Waals surface area contributed by atoms with Crippen LogP contribution >= 0.6 is 15.9 Å². The van der Waals surface area contributed by atoms with Crippen LogP contribution in [0.4, 0.5) is 0 Å². The van der Waals surface area contributed by atoms with Crippen molar-refractivity contribution < 1.29 is 8.42 Å². The molecule has 1 heterocycles. The number of likely N-dealkylation sites (N-methyl/N-ethyl adjacent to an activating group) is 1. The molecule has 1 aromatic carbocycles. The van der Waals surface area contributed by atoms with Gasteiger partial charge in [0.05, 0.1) is 4.90 Å². The predicted octanol–water partition coefficient (Wildman–Crippen LogP) is 2.19. The zero-order valence-corrected chi connectivity index (χ0v) is 11.2. The largest absolute Gasteiger partial charge is 0.313 e. The van der Waals surface area contributed by atoms with Gasteiger partial charge in [0.1, 0.15) is 0 Å². The molecule has 0 aromatic heterocycles. The number of hydrogen-bond acceptors (Lipinski definition) is 3. The van der Waals surface area contributed by atoms with Crippen LogP contribution in [-0.4, -0.2) is 21.5 Å². The zero-order chi connectivity index (χ0) is 11.8. The molecular formula is C11H12BrNO2S. The van der Waals surface area contributed by atoms with E-state index in [4.69, 9.17) is 0 Å². The summed E-state index contributed by atoms with van der Waals surface area (Å²) >= 11 is 3.40. The van der Waals surface area contributed by atoms with Crippen LogP contribution < -0.4 is 5.32 Å². The maximum Gasteiger partial charge on any atom is 0.200 e. The van der Waals surface area contributed by atoms with Crippen molar-refractivity contribution in [2.24, 2.45) is 0 Å². The van der Waals surface area contributed by atoms with Gasteiger partial charge in [-0.05, 0) is 24.3 Å². The summed E-state index contributed by atoms with van der Waals surface area (Å²) in [6, 6.07) is 5.24. The van der Waals surface area contributed by atoms with Gasteiger partial charge in [-0.25, -0.2) is 8.42 Å². The molecule has 1 N–H and O–H groups in total. The van der Waals surface area contributed by atoms with Gasteiger partial charge in [-0.3, -0.25) is 0 Å². The number of nitrogens with one attached hydrogen (secondary N) is 1. The van der Waals surface area contributed by atoms with Crippen LogP contribution in [0.1, 0.15) is 12.5 Å². The third kappa shape index (κ3) is 1.95. The van der Waals surface area contributed by atoms with Crippen LogP contribution in [0, 0.1) is 0 Å². The molecule has 0 aliphatic carbocycles. The number of fused-ring (bicyclic) bond motifs is 1. The van der Waals surface area contributed by atoms with Gasteiger partial charge < -0.3 is 5.32 Å². The zero-order valence-electron chi connectivity index (χ0n) is 8.83. The Hall–Kier alpha value is -0.650. The first-order valence-corrected chi connectivity index (χ1v) is 7.35. The van der Waals surface area contributed by atoms with Gasteiger partial charge in [0.15, 0.2) is 0 Å². The van der Waals surface area contributed by atoms with Gasteiger partial charge >= 0.3 is 0 Å². The average Bonchev–Trinajstić information content (AvgIpc) is 2.49. The first kappa shape index (κ1) is 11.8. The second kappa shape index (κ2) is 4.31. The molecule has 0 saturated heterocycles. The molecule has 0 saturated carbocycles. The van der Waals surface area contributed by atoms with Crippen molar-refractivity contribution in [1.82, 2.24) is 5.32 Å². The molecule has 0 unspecified atom stereocenters. The van der Waals surface area contributed by atoms with Crippen molar-refractivity contribution in [3.63, 3.8) is 0 Å². The lowest BCUT2D eigenvalue weighted by Gasteiger charge is -2.06. The van der Waals surface area contributed by atoms with Crippen molar-refractivity contribution in [1.29, 1.82) is 0 Å². The molecule has 0 amide bonds. The fourth-order valence-corrected chi connectivity index (χ4v) is 4.00. The van der Waals surface area contributed by atoms with E-state index in [0.29, 0.717) is 11.4 Å². The number of halogens is 1. The lowest BCUT2D eigenvalue weighted by atomic mass is 10.1. The molecule has 0 spiro atoms. The Morgan fingerprint density at radius 3 is 2.81 bits per heavy atom. The van der Waals surface area contributed by atoms with E-state index in [0.717, 1.165) is 22.2 Å². The van der Waals surface area contributed by atoms with Crippen molar-refractivity contribution in [2.75, 3.05) is 13.1 Å². The molecule has 1 aliphatic heterocycles. The van der Waals surface area contributed by atoms with Crippen molar-refractivity contribution >= 4 is 31.3 Å². The Morgan fingerprint density at radius 2 is 2.12 bits per heavy atom. The summed E-state index contributed by atoms with van der Waals surface area (Å²) in [5, 5.41) is 4.49. The lowest BCUT2D eigenvalue weighted by Crippen LogP contribution is -2.15. The fourth-order valence-electron chi connectivity index (χ4n) is 1.75. The highest BCUT2D eigenvalue weighted by molar-refractivity contribution is 9.10. The number of sulfone groups is 1. The Labute approximate surface area is 104 Å². The quantitative estimate of drug-likeness (QED) is 0.931. The summed E-state index contributed by atoms with van der Waals surface area (Å²) in [7, 11) is -3.24. The highest BCUT2D eigenvalue weighted by Crippen LogP contribution is 2.37. The molecule has 5 heteroatoms. The standard InChI is InChI=1S/C11H12BrNO2S/c1-2-13-6-8-7-16(14,15)10-5-3-4-9(12)11(8)10/h3-5,7,13H,2,6H2,1H3. The van der Waals surface area contributed by atoms with Gasteiger partial charge in [0.25, 0.3) is 0 Å². The summed E-state index contributed by atoms with van der Waals surface area (Å²) in [6.07, 6.45) is 0. The van der Waals surface area contributed by atoms with E-state index >= 15 is 0 Å². The third-order valence-electron chi connectivity index (χ3n) is 2.47. The number of hydrogen-bond donors (Lipinski definition) is 1. The molecule has 3 nitrogen and oxygen atoms in total. The van der Waals surface area contributed by atoms with Crippen LogP contribution in [0.2, 0.25) is 0 Å². The van der Waals surface area contributed by atoms with E-state index in [2.05, 4.69) is 21.2 Å². The van der Waals surface area contributed by atoms with E-state index in [1.54, 1.807) is 12.1 Å². The van der Waals surface area contributed by atoms with Crippen molar-refractivity contribution in [3.05, 3.63) is 33.6 Å². The summed E-state index contributed by atoms with van der Waals surface area (Å²) in [5.41, 5.74) is 1.62. The Bertz CT molecular complexity index is 549. The van der Waals surface area contributed by atoms with Gasteiger partial charge in [-0.2, -0.15) is 0 Å². The number of benzene rings is 1. The minimum absolute atomic E-state index is 0.398. The molecule has 1 aromatic rings. The molecule has 86 valence electrons. The maximum atomic E-state index is 11.9. The van der Waals surface area contributed by atoms with Gasteiger partial charge in [0.2, 0.25) is 9.84 Å². The average molecular weight is 302 g/mol. The predicted molar refractivity (Wildman–Crippen MR) is 67.8 cm³/mol. The third-order valence-corrected chi connectivity index (χ3v) is 4.67. The van der Waals surface area contributed by atoms with E-state index in [-0.39, 0.29) is 0 Å². The highest BCUT2D eigenvalue weighted by Gasteiger charge is 2.27. The summed E-state index contributed by atoms with van der Waals surface area (Å²) in [4.78, 5) is 0.398. The van der Waals surface area contributed by atoms with E-state index < -0.39 is 9.84 Å². The lowest BCUT2D eigenvalue weighted by molar-refractivity contribution is 0.605. The van der Waals surface area contributed by atoms with Crippen LogP contribution in [0.25, 0.3) is 5.57 Å². The van der Waals surface area contributed by atoms with E-state index in [1.165, 1.54) is 5.41 Å². The molecule has 0 fully saturated rings.